The van der Waals surface area contributed by atoms with E-state index in [1.54, 1.807) is 0 Å². The normalized spacial score (nSPS) is 18.6. The Kier molecular flexibility index (Phi) is 7.08. The fraction of sp³-hybridized carbons (Fsp3) is 0.227. The summed E-state index contributed by atoms with van der Waals surface area (Å²) in [6.45, 7) is -1.73. The van der Waals surface area contributed by atoms with Gasteiger partial charge in [-0.3, -0.25) is 9.59 Å². The standard InChI is InChI=1S/C22H18F6N4O3/c23-21(24,25)11-32-18(12(9-29)10-30)17(15-6-1-2-7-16(15)20(32)34)19(33)31-13-4-3-5-14(8-13)35-22(26,27)28/h1-10,17-18,29H,11,30H2,(H,31,33)/t17-,18+/m0/s1. The van der Waals surface area contributed by atoms with Gasteiger partial charge in [-0.15, -0.1) is 13.2 Å². The van der Waals surface area contributed by atoms with Gasteiger partial charge in [0.2, 0.25) is 5.91 Å². The molecule has 2 amide bonds. The third kappa shape index (κ3) is 5.91. The van der Waals surface area contributed by atoms with Crippen molar-refractivity contribution in [2.45, 2.75) is 24.5 Å². The van der Waals surface area contributed by atoms with Crippen LogP contribution in [0, 0.1) is 5.41 Å². The molecule has 2 atom stereocenters. The lowest BCUT2D eigenvalue weighted by molar-refractivity contribution is -0.274. The number of hydrogen-bond donors (Lipinski definition) is 3. The Hall–Kier alpha value is -4.03. The molecule has 0 fully saturated rings. The van der Waals surface area contributed by atoms with Crippen LogP contribution in [0.15, 0.2) is 60.3 Å². The minimum absolute atomic E-state index is 0.0716. The van der Waals surface area contributed by atoms with Crippen molar-refractivity contribution in [3.05, 3.63) is 71.4 Å². The lowest BCUT2D eigenvalue weighted by atomic mass is 9.79. The Morgan fingerprint density at radius 3 is 2.40 bits per heavy atom. The number of rotatable bonds is 6. The van der Waals surface area contributed by atoms with Crippen LogP contribution in [0.1, 0.15) is 21.8 Å². The van der Waals surface area contributed by atoms with Crippen LogP contribution >= 0.6 is 0 Å². The minimum atomic E-state index is -4.99. The number of fused-ring (bicyclic) bond motifs is 1. The zero-order valence-electron chi connectivity index (χ0n) is 17.7. The van der Waals surface area contributed by atoms with Gasteiger partial charge in [-0.2, -0.15) is 13.2 Å². The molecule has 0 saturated carbocycles. The number of nitrogens with two attached hydrogens (primary N) is 1. The lowest BCUT2D eigenvalue weighted by Gasteiger charge is -2.42. The summed E-state index contributed by atoms with van der Waals surface area (Å²) in [7, 11) is 0. The van der Waals surface area contributed by atoms with E-state index in [9.17, 15) is 35.9 Å². The maximum atomic E-state index is 13.4. The van der Waals surface area contributed by atoms with Gasteiger partial charge in [0.25, 0.3) is 5.91 Å². The molecule has 2 aromatic carbocycles. The zero-order chi connectivity index (χ0) is 26.0. The van der Waals surface area contributed by atoms with Gasteiger partial charge in [0.1, 0.15) is 12.3 Å². The number of benzene rings is 2. The number of amides is 2. The van der Waals surface area contributed by atoms with E-state index in [4.69, 9.17) is 11.1 Å². The van der Waals surface area contributed by atoms with Crippen LogP contribution in [0.4, 0.5) is 32.0 Å². The molecule has 35 heavy (non-hydrogen) atoms. The predicted molar refractivity (Wildman–Crippen MR) is 113 cm³/mol. The summed E-state index contributed by atoms with van der Waals surface area (Å²) < 4.78 is 81.6. The van der Waals surface area contributed by atoms with Crippen molar-refractivity contribution in [1.29, 1.82) is 5.41 Å². The summed E-state index contributed by atoms with van der Waals surface area (Å²) in [5.41, 5.74) is 5.04. The van der Waals surface area contributed by atoms with E-state index >= 15 is 0 Å². The molecule has 4 N–H and O–H groups in total. The fourth-order valence-corrected chi connectivity index (χ4v) is 3.84. The topological polar surface area (TPSA) is 109 Å². The smallest absolute Gasteiger partial charge is 0.406 e. The summed E-state index contributed by atoms with van der Waals surface area (Å²) in [5.74, 6) is -4.07. The van der Waals surface area contributed by atoms with Crippen molar-refractivity contribution in [2.24, 2.45) is 5.73 Å². The Balaban J connectivity index is 2.08. The highest BCUT2D eigenvalue weighted by molar-refractivity contribution is 6.06. The van der Waals surface area contributed by atoms with Gasteiger partial charge >= 0.3 is 12.5 Å². The Morgan fingerprint density at radius 2 is 1.80 bits per heavy atom. The lowest BCUT2D eigenvalue weighted by Crippen LogP contribution is -2.55. The molecule has 186 valence electrons. The molecule has 0 aliphatic carbocycles. The molecule has 0 bridgehead atoms. The number of carbonyl (C=O) groups is 2. The summed E-state index contributed by atoms with van der Waals surface area (Å²) in [6.07, 6.45) is -8.38. The monoisotopic (exact) mass is 500 g/mol. The maximum absolute atomic E-state index is 13.4. The molecule has 1 heterocycles. The molecule has 7 nitrogen and oxygen atoms in total. The van der Waals surface area contributed by atoms with Gasteiger partial charge in [0, 0.05) is 35.3 Å². The average molecular weight is 500 g/mol. The largest absolute Gasteiger partial charge is 0.573 e. The van der Waals surface area contributed by atoms with E-state index in [-0.39, 0.29) is 22.4 Å². The minimum Gasteiger partial charge on any atom is -0.406 e. The van der Waals surface area contributed by atoms with Crippen molar-refractivity contribution in [1.82, 2.24) is 4.90 Å². The second kappa shape index (κ2) is 9.68. The molecule has 1 aliphatic heterocycles. The highest BCUT2D eigenvalue weighted by Crippen LogP contribution is 2.39. The molecular formula is C22H18F6N4O3. The predicted octanol–water partition coefficient (Wildman–Crippen LogP) is 4.19. The van der Waals surface area contributed by atoms with Crippen LogP contribution in [0.2, 0.25) is 0 Å². The molecule has 1 aliphatic rings. The second-order valence-corrected chi connectivity index (χ2v) is 7.43. The quantitative estimate of drug-likeness (QED) is 0.408. The number of nitrogens with zero attached hydrogens (tertiary/aromatic N) is 1. The first-order chi connectivity index (χ1) is 16.3. The van der Waals surface area contributed by atoms with E-state index < -0.39 is 48.6 Å². The molecule has 0 unspecified atom stereocenters. The number of hydrogen-bond acceptors (Lipinski definition) is 5. The molecule has 3 rings (SSSR count). The number of carbonyl (C=O) groups excluding carboxylic acids is 2. The van der Waals surface area contributed by atoms with Crippen LogP contribution in [0.25, 0.3) is 0 Å². The molecule has 0 saturated heterocycles. The van der Waals surface area contributed by atoms with Crippen LogP contribution in [-0.2, 0) is 4.79 Å². The summed E-state index contributed by atoms with van der Waals surface area (Å²) in [5, 5.41) is 9.94. The Morgan fingerprint density at radius 1 is 1.11 bits per heavy atom. The van der Waals surface area contributed by atoms with Crippen molar-refractivity contribution < 1.29 is 40.7 Å². The Bertz CT molecular complexity index is 1160. The molecule has 2 aromatic rings. The van der Waals surface area contributed by atoms with Crippen molar-refractivity contribution in [2.75, 3.05) is 11.9 Å². The van der Waals surface area contributed by atoms with Gasteiger partial charge in [-0.05, 0) is 23.8 Å². The highest BCUT2D eigenvalue weighted by Gasteiger charge is 2.48. The molecule has 0 spiro atoms. The third-order valence-electron chi connectivity index (χ3n) is 5.11. The van der Waals surface area contributed by atoms with Gasteiger partial charge in [-0.1, -0.05) is 24.3 Å². The second-order valence-electron chi connectivity index (χ2n) is 7.43. The first-order valence-electron chi connectivity index (χ1n) is 9.90. The SMILES string of the molecule is N=CC(=CN)[C@@H]1[C@@H](C(=O)Nc2cccc(OC(F)(F)F)c2)c2ccccc2C(=O)N1CC(F)(F)F. The summed E-state index contributed by atoms with van der Waals surface area (Å²) >= 11 is 0. The molecular weight excluding hydrogens is 482 g/mol. The van der Waals surface area contributed by atoms with Crippen molar-refractivity contribution >= 4 is 23.7 Å². The van der Waals surface area contributed by atoms with E-state index in [1.165, 1.54) is 36.4 Å². The average Bonchev–Trinajstić information content (AvgIpc) is 2.75. The van der Waals surface area contributed by atoms with Crippen LogP contribution in [-0.4, -0.2) is 48.1 Å². The van der Waals surface area contributed by atoms with Crippen LogP contribution in [0.5, 0.6) is 5.75 Å². The van der Waals surface area contributed by atoms with Gasteiger partial charge in [0.15, 0.2) is 0 Å². The third-order valence-corrected chi connectivity index (χ3v) is 5.11. The molecule has 13 heteroatoms. The van der Waals surface area contributed by atoms with Gasteiger partial charge < -0.3 is 26.1 Å². The number of halogens is 6. The van der Waals surface area contributed by atoms with Gasteiger partial charge in [0.05, 0.1) is 12.0 Å². The number of alkyl halides is 6. The number of nitrogens with one attached hydrogen (secondary N) is 2. The molecule has 0 aromatic heterocycles. The first kappa shape index (κ1) is 25.6. The molecule has 0 radical (unpaired) electrons. The Labute approximate surface area is 194 Å². The van der Waals surface area contributed by atoms with E-state index in [2.05, 4.69) is 10.1 Å². The number of ether oxygens (including phenoxy) is 1. The zero-order valence-corrected chi connectivity index (χ0v) is 17.7. The maximum Gasteiger partial charge on any atom is 0.573 e. The van der Waals surface area contributed by atoms with Gasteiger partial charge in [-0.25, -0.2) is 0 Å². The highest BCUT2D eigenvalue weighted by atomic mass is 19.4. The van der Waals surface area contributed by atoms with Crippen LogP contribution < -0.4 is 15.8 Å². The van der Waals surface area contributed by atoms with Crippen molar-refractivity contribution in [3.63, 3.8) is 0 Å². The summed E-state index contributed by atoms with van der Waals surface area (Å²) in [4.78, 5) is 26.7. The van der Waals surface area contributed by atoms with E-state index in [1.807, 2.05) is 0 Å². The van der Waals surface area contributed by atoms with Crippen molar-refractivity contribution in [3.8, 4) is 5.75 Å². The van der Waals surface area contributed by atoms with E-state index in [0.29, 0.717) is 11.1 Å². The fourth-order valence-electron chi connectivity index (χ4n) is 3.84. The van der Waals surface area contributed by atoms with Crippen LogP contribution in [0.3, 0.4) is 0 Å². The summed E-state index contributed by atoms with van der Waals surface area (Å²) in [6, 6.07) is 8.19. The number of anilines is 1. The first-order valence-corrected chi connectivity index (χ1v) is 9.90. The van der Waals surface area contributed by atoms with E-state index in [0.717, 1.165) is 18.3 Å².